The van der Waals surface area contributed by atoms with E-state index in [2.05, 4.69) is 220 Å². The van der Waals surface area contributed by atoms with Crippen LogP contribution in [0, 0.1) is 111 Å². The second kappa shape index (κ2) is 63.7. The topological polar surface area (TPSA) is 309 Å². The van der Waals surface area contributed by atoms with E-state index in [1.54, 1.807) is 93.0 Å². The molecule has 16 aromatic heterocycles. The van der Waals surface area contributed by atoms with Gasteiger partial charge < -0.3 is 0 Å². The van der Waals surface area contributed by atoms with Crippen molar-refractivity contribution in [3.8, 4) is 0 Å². The Morgan fingerprint density at radius 2 is 0.735 bits per heavy atom. The molecule has 0 fully saturated rings. The Kier molecular flexibility index (Phi) is 49.5. The van der Waals surface area contributed by atoms with Gasteiger partial charge in [0, 0.05) is 185 Å². The lowest BCUT2D eigenvalue weighted by molar-refractivity contribution is 0.974. The smallest absolute Gasteiger partial charge is 0.128 e. The monoisotopic (exact) mass is 1800 g/mol. The summed E-state index contributed by atoms with van der Waals surface area (Å²) in [5, 5.41) is 33.0. The minimum atomic E-state index is 0.759. The van der Waals surface area contributed by atoms with Crippen molar-refractivity contribution in [3.05, 3.63) is 507 Å². The van der Waals surface area contributed by atoms with E-state index in [0.717, 1.165) is 78.9 Å². The summed E-state index contributed by atoms with van der Waals surface area (Å²) >= 11 is 0. The molecular weight excluding hydrogens is 1680 g/mol. The van der Waals surface area contributed by atoms with Crippen LogP contribution in [0.1, 0.15) is 90.2 Å². The first-order valence-electron chi connectivity index (χ1n) is 43.6. The molecule has 0 saturated carbocycles. The van der Waals surface area contributed by atoms with Crippen LogP contribution in [-0.2, 0) is 0 Å². The number of benzene rings is 6. The molecule has 24 nitrogen and oxygen atoms in total. The summed E-state index contributed by atoms with van der Waals surface area (Å²) in [5.74, 6) is 0.759. The molecule has 0 amide bonds. The third kappa shape index (κ3) is 45.3. The van der Waals surface area contributed by atoms with E-state index in [9.17, 15) is 0 Å². The zero-order valence-corrected chi connectivity index (χ0v) is 80.0. The average Bonchev–Trinajstić information content (AvgIpc) is 0.847. The Morgan fingerprint density at radius 1 is 0.176 bits per heavy atom. The first-order valence-corrected chi connectivity index (χ1v) is 43.6. The van der Waals surface area contributed by atoms with Gasteiger partial charge in [-0.15, -0.1) is 0 Å². The van der Waals surface area contributed by atoms with Crippen LogP contribution in [-0.4, -0.2) is 120 Å². The highest BCUT2D eigenvalue weighted by atomic mass is 15.1. The molecule has 0 radical (unpaired) electrons. The molecule has 6 aromatic carbocycles. The van der Waals surface area contributed by atoms with Gasteiger partial charge in [0.2, 0.25) is 0 Å². The quantitative estimate of drug-likeness (QED) is 0.136. The maximum Gasteiger partial charge on any atom is 0.128 e. The number of nitrogens with zero attached hydrogens (tertiary/aromatic N) is 24. The van der Waals surface area contributed by atoms with E-state index in [-0.39, 0.29) is 0 Å². The van der Waals surface area contributed by atoms with E-state index in [4.69, 9.17) is 0 Å². The predicted octanol–water partition coefficient (Wildman–Crippen LogP) is 24.3. The van der Waals surface area contributed by atoms with Gasteiger partial charge in [-0.05, 0) is 281 Å². The molecule has 0 saturated heterocycles. The van der Waals surface area contributed by atoms with Gasteiger partial charge in [-0.2, -0.15) is 30.6 Å². The van der Waals surface area contributed by atoms with Crippen molar-refractivity contribution in [2.45, 2.75) is 111 Å². The Bertz CT molecular complexity index is 5890. The molecular formula is C112H116N24. The fraction of sp³-hybridized carbons (Fsp3) is 0.143. The van der Waals surface area contributed by atoms with Crippen LogP contribution in [0.3, 0.4) is 0 Å². The van der Waals surface area contributed by atoms with Crippen LogP contribution in [0.25, 0.3) is 65.0 Å². The summed E-state index contributed by atoms with van der Waals surface area (Å²) in [7, 11) is 0. The van der Waals surface area contributed by atoms with Crippen LogP contribution in [0.4, 0.5) is 0 Å². The van der Waals surface area contributed by atoms with Gasteiger partial charge in [-0.3, -0.25) is 54.8 Å². The van der Waals surface area contributed by atoms with Gasteiger partial charge in [0.25, 0.3) is 0 Å². The molecule has 0 bridgehead atoms. The third-order valence-electron chi connectivity index (χ3n) is 18.2. The lowest BCUT2D eigenvalue weighted by atomic mass is 10.1. The number of hydrogen-bond acceptors (Lipinski definition) is 24. The van der Waals surface area contributed by atoms with Crippen molar-refractivity contribution in [2.24, 2.45) is 0 Å². The number of pyridine rings is 9. The summed E-state index contributed by atoms with van der Waals surface area (Å²) in [5.41, 5.74) is 20.1. The third-order valence-corrected chi connectivity index (χ3v) is 18.2. The van der Waals surface area contributed by atoms with Crippen molar-refractivity contribution >= 4 is 65.0 Å². The number of rotatable bonds is 0. The van der Waals surface area contributed by atoms with Gasteiger partial charge in [-0.1, -0.05) is 146 Å². The summed E-state index contributed by atoms with van der Waals surface area (Å²) < 4.78 is 0. The molecule has 0 aliphatic rings. The Morgan fingerprint density at radius 3 is 1.22 bits per heavy atom. The zero-order chi connectivity index (χ0) is 97.2. The Labute approximate surface area is 797 Å². The molecule has 0 aliphatic carbocycles. The van der Waals surface area contributed by atoms with E-state index in [0.29, 0.717) is 0 Å². The fourth-order valence-corrected chi connectivity index (χ4v) is 11.1. The highest BCUT2D eigenvalue weighted by Crippen LogP contribution is 2.19. The zero-order valence-electron chi connectivity index (χ0n) is 80.0. The SMILES string of the molecule is Cc1cc2ccccc2cn1.Cc1ccc2ccccc2n1.Cc1ccccn1.Cc1cccnc1.Cc1cccnn1.Cc1ccnc2ccccc12.Cc1ccncc1.Cc1ccncn1.Cc1ccnnc1.Cc1ccnnc1.Cc1cnc2ccccc2c1.Cc1cncc2ccccc12.Cc1cnccn1.Cc1cncnc1.Cc1nccc2ccccc12.Cc1ncncn1. The van der Waals surface area contributed by atoms with E-state index < -0.39 is 0 Å². The van der Waals surface area contributed by atoms with Crippen molar-refractivity contribution in [1.29, 1.82) is 0 Å². The van der Waals surface area contributed by atoms with Crippen molar-refractivity contribution in [2.75, 3.05) is 0 Å². The van der Waals surface area contributed by atoms with Gasteiger partial charge >= 0.3 is 0 Å². The summed E-state index contributed by atoms with van der Waals surface area (Å²) in [4.78, 5) is 71.2. The number of aryl methyl sites for hydroxylation is 16. The molecule has 0 spiro atoms. The summed E-state index contributed by atoms with van der Waals surface area (Å²) in [6.45, 7) is 31.8. The minimum absolute atomic E-state index is 0.759. The number of para-hydroxylation sites is 3. The molecule has 0 aliphatic heterocycles. The van der Waals surface area contributed by atoms with Crippen molar-refractivity contribution in [3.63, 3.8) is 0 Å². The van der Waals surface area contributed by atoms with E-state index >= 15 is 0 Å². The molecule has 16 heterocycles. The minimum Gasteiger partial charge on any atom is -0.265 e. The highest BCUT2D eigenvalue weighted by molar-refractivity contribution is 5.86. The van der Waals surface area contributed by atoms with Crippen molar-refractivity contribution in [1.82, 2.24) is 120 Å². The molecule has 0 N–H and O–H groups in total. The fourth-order valence-electron chi connectivity index (χ4n) is 11.1. The normalized spacial score (nSPS) is 9.47. The second-order valence-corrected chi connectivity index (χ2v) is 30.0. The molecule has 0 unspecified atom stereocenters. The molecule has 22 rings (SSSR count). The maximum absolute atomic E-state index is 4.38. The van der Waals surface area contributed by atoms with Gasteiger partial charge in [0.1, 0.15) is 31.1 Å². The number of aromatic nitrogens is 24. The van der Waals surface area contributed by atoms with Crippen LogP contribution in [0.5, 0.6) is 0 Å². The Balaban J connectivity index is 0.000000199. The van der Waals surface area contributed by atoms with Crippen LogP contribution >= 0.6 is 0 Å². The molecule has 0 atom stereocenters. The lowest BCUT2D eigenvalue weighted by Crippen LogP contribution is -1.84. The standard InChI is InChI=1S/6C10H9N.3C6H7N.6C5H6N2.C4H5N3/c1-8-6-11-7-9-4-2-3-5-10(8)9;1-8-6-9-4-2-3-5-10(9)7-11-8;1-8-6-9-4-2-3-5-10(9)11-7-8;1-8-10-5-3-2-4-9(10)6-7-11-8;1-8-6-7-11-10-5-3-2-4-9(8)10;1-8-6-7-9-4-2-3-5-10(9)11-8;1-6-2-4-7-5-3-6;1-6-3-2-4-7-5-6;1-6-4-2-3-5-7-6;1-5-2-6-4-7-3-5;1-5-4-6-2-3-7-5;1-5-2-3-6-4-7-5;2*1-5-2-3-6-7-4-5;1-5-3-2-4-6-7-5;1-4-6-2-5-3-7-4/h6*2-7H,1H3;3*2-5H,1H3;6*2-4H,1H3;2-3H,1H3. The summed E-state index contributed by atoms with van der Waals surface area (Å²) in [6.07, 6.45) is 45.0. The second-order valence-electron chi connectivity index (χ2n) is 30.0. The highest BCUT2D eigenvalue weighted by Gasteiger charge is 1.99. The molecule has 136 heavy (non-hydrogen) atoms. The predicted molar refractivity (Wildman–Crippen MR) is 551 cm³/mol. The average molecular weight is 1800 g/mol. The maximum atomic E-state index is 4.38. The van der Waals surface area contributed by atoms with Gasteiger partial charge in [0.05, 0.1) is 40.3 Å². The van der Waals surface area contributed by atoms with Gasteiger partial charge in [-0.25, -0.2) is 34.9 Å². The largest absolute Gasteiger partial charge is 0.265 e. The van der Waals surface area contributed by atoms with E-state index in [1.807, 2.05) is 309 Å². The van der Waals surface area contributed by atoms with Crippen LogP contribution in [0.15, 0.2) is 416 Å². The lowest BCUT2D eigenvalue weighted by Gasteiger charge is -1.98. The summed E-state index contributed by atoms with van der Waals surface area (Å²) in [6, 6.07) is 84.9. The molecule has 22 aromatic rings. The Hall–Kier alpha value is -17.3. The number of fused-ring (bicyclic) bond motifs is 6. The molecule has 24 heteroatoms. The first kappa shape index (κ1) is 106. The number of hydrogen-bond donors (Lipinski definition) is 0. The first-order chi connectivity index (χ1) is 66.2. The van der Waals surface area contributed by atoms with Crippen molar-refractivity contribution < 1.29 is 0 Å². The van der Waals surface area contributed by atoms with Crippen LogP contribution in [0.2, 0.25) is 0 Å². The van der Waals surface area contributed by atoms with Crippen LogP contribution < -0.4 is 0 Å². The molecule has 684 valence electrons. The van der Waals surface area contributed by atoms with E-state index in [1.165, 1.54) is 102 Å². The van der Waals surface area contributed by atoms with Gasteiger partial charge in [0.15, 0.2) is 0 Å².